The van der Waals surface area contributed by atoms with Crippen LogP contribution in [0.3, 0.4) is 0 Å². The van der Waals surface area contributed by atoms with Crippen LogP contribution in [0.15, 0.2) is 93.9 Å². The minimum atomic E-state index is -0.637. The molecule has 0 saturated carbocycles. The fraction of sp³-hybridized carbons (Fsp3) is 0.278. The number of thiazole rings is 1. The van der Waals surface area contributed by atoms with E-state index in [2.05, 4.69) is 32.0 Å². The molecule has 7 nitrogen and oxygen atoms in total. The van der Waals surface area contributed by atoms with E-state index in [1.165, 1.54) is 16.9 Å². The van der Waals surface area contributed by atoms with Crippen LogP contribution in [0.2, 0.25) is 0 Å². The highest BCUT2D eigenvalue weighted by atomic mass is 32.1. The summed E-state index contributed by atoms with van der Waals surface area (Å²) < 4.78 is 13.6. The minimum Gasteiger partial charge on any atom is -0.489 e. The van der Waals surface area contributed by atoms with Crippen LogP contribution in [0, 0.1) is 11.3 Å². The summed E-state index contributed by atoms with van der Waals surface area (Å²) in [6.07, 6.45) is 3.23. The number of benzene rings is 3. The molecule has 1 atom stereocenters. The second-order valence-corrected chi connectivity index (χ2v) is 11.9. The molecular formula is C36H35N3O4S. The number of nitriles is 1. The number of esters is 1. The number of hydrogen-bond donors (Lipinski definition) is 0. The molecule has 0 N–H and O–H groups in total. The second-order valence-electron chi connectivity index (χ2n) is 10.9. The summed E-state index contributed by atoms with van der Waals surface area (Å²) in [5, 5.41) is 9.33. The van der Waals surface area contributed by atoms with Crippen LogP contribution < -0.4 is 19.6 Å². The zero-order chi connectivity index (χ0) is 31.2. The van der Waals surface area contributed by atoms with Gasteiger partial charge in [0.1, 0.15) is 12.4 Å². The van der Waals surface area contributed by atoms with Crippen LogP contribution in [-0.2, 0) is 16.1 Å². The maximum absolute atomic E-state index is 14.0. The summed E-state index contributed by atoms with van der Waals surface area (Å²) in [6, 6.07) is 24.5. The molecule has 224 valence electrons. The first kappa shape index (κ1) is 30.7. The number of ether oxygens (including phenoxy) is 2. The number of aromatic nitrogens is 1. The van der Waals surface area contributed by atoms with Crippen LogP contribution in [0.5, 0.6) is 5.75 Å². The summed E-state index contributed by atoms with van der Waals surface area (Å²) in [5.41, 5.74) is 5.13. The third-order valence-corrected chi connectivity index (χ3v) is 8.50. The smallest absolute Gasteiger partial charge is 0.338 e. The second kappa shape index (κ2) is 13.7. The molecule has 8 heteroatoms. The van der Waals surface area contributed by atoms with Gasteiger partial charge in [-0.25, -0.2) is 9.79 Å². The SMILES string of the molecule is CCCC1=C(C(=O)OCC)[C@@H](c2ccc(C(C)C)cc2)n2c(s/c(=C/c3ccc(OCc4ccccc4C#N)cc3)c2=O)=N1. The van der Waals surface area contributed by atoms with Crippen molar-refractivity contribution in [2.45, 2.75) is 59.1 Å². The van der Waals surface area contributed by atoms with Gasteiger partial charge >= 0.3 is 5.97 Å². The van der Waals surface area contributed by atoms with Gasteiger partial charge in [-0.05, 0) is 60.2 Å². The van der Waals surface area contributed by atoms with Crippen LogP contribution >= 0.6 is 11.3 Å². The Morgan fingerprint density at radius 2 is 1.80 bits per heavy atom. The molecule has 1 aliphatic heterocycles. The van der Waals surface area contributed by atoms with Gasteiger partial charge in [0.25, 0.3) is 5.56 Å². The van der Waals surface area contributed by atoms with Crippen molar-refractivity contribution in [2.75, 3.05) is 6.61 Å². The van der Waals surface area contributed by atoms with Crippen molar-refractivity contribution < 1.29 is 14.3 Å². The fourth-order valence-corrected chi connectivity index (χ4v) is 6.25. The van der Waals surface area contributed by atoms with Gasteiger partial charge in [-0.1, -0.05) is 93.1 Å². The number of nitrogens with zero attached hydrogens (tertiary/aromatic N) is 3. The average Bonchev–Trinajstić information content (AvgIpc) is 3.34. The van der Waals surface area contributed by atoms with Crippen LogP contribution in [0.4, 0.5) is 0 Å². The Morgan fingerprint density at radius 1 is 1.07 bits per heavy atom. The summed E-state index contributed by atoms with van der Waals surface area (Å²) in [5.74, 6) is 0.566. The Kier molecular flexibility index (Phi) is 9.56. The van der Waals surface area contributed by atoms with Crippen molar-refractivity contribution in [1.82, 2.24) is 4.57 Å². The van der Waals surface area contributed by atoms with Crippen LogP contribution in [0.25, 0.3) is 6.08 Å². The average molecular weight is 606 g/mol. The van der Waals surface area contributed by atoms with E-state index in [1.807, 2.05) is 67.6 Å². The quantitative estimate of drug-likeness (QED) is 0.202. The van der Waals surface area contributed by atoms with Crippen LogP contribution in [0.1, 0.15) is 80.3 Å². The maximum Gasteiger partial charge on any atom is 0.338 e. The number of rotatable bonds is 10. The van der Waals surface area contributed by atoms with Gasteiger partial charge in [-0.3, -0.25) is 9.36 Å². The molecule has 3 aromatic carbocycles. The van der Waals surface area contributed by atoms with E-state index in [4.69, 9.17) is 14.5 Å². The molecular weight excluding hydrogens is 570 g/mol. The van der Waals surface area contributed by atoms with E-state index in [0.29, 0.717) is 44.3 Å². The van der Waals surface area contributed by atoms with Gasteiger partial charge in [0.15, 0.2) is 4.80 Å². The first-order valence-electron chi connectivity index (χ1n) is 14.9. The number of fused-ring (bicyclic) bond motifs is 1. The van der Waals surface area contributed by atoms with E-state index in [0.717, 1.165) is 23.1 Å². The monoisotopic (exact) mass is 605 g/mol. The van der Waals surface area contributed by atoms with Crippen molar-refractivity contribution in [3.05, 3.63) is 132 Å². The molecule has 0 fully saturated rings. The number of carbonyl (C=O) groups is 1. The fourth-order valence-electron chi connectivity index (χ4n) is 5.23. The van der Waals surface area contributed by atoms with Gasteiger partial charge in [0.05, 0.1) is 40.1 Å². The highest BCUT2D eigenvalue weighted by Gasteiger charge is 2.34. The first-order chi connectivity index (χ1) is 21.3. The van der Waals surface area contributed by atoms with Crippen molar-refractivity contribution >= 4 is 23.4 Å². The van der Waals surface area contributed by atoms with Crippen molar-refractivity contribution in [1.29, 1.82) is 5.26 Å². The highest BCUT2D eigenvalue weighted by molar-refractivity contribution is 7.07. The molecule has 44 heavy (non-hydrogen) atoms. The van der Waals surface area contributed by atoms with E-state index in [-0.39, 0.29) is 18.8 Å². The van der Waals surface area contributed by atoms with Crippen molar-refractivity contribution in [3.8, 4) is 11.8 Å². The summed E-state index contributed by atoms with van der Waals surface area (Å²) in [6.45, 7) is 8.60. The van der Waals surface area contributed by atoms with E-state index in [9.17, 15) is 14.9 Å². The lowest BCUT2D eigenvalue weighted by atomic mass is 9.92. The molecule has 1 aliphatic rings. The summed E-state index contributed by atoms with van der Waals surface area (Å²) >= 11 is 1.32. The summed E-state index contributed by atoms with van der Waals surface area (Å²) in [7, 11) is 0. The van der Waals surface area contributed by atoms with E-state index < -0.39 is 12.0 Å². The zero-order valence-electron chi connectivity index (χ0n) is 25.4. The van der Waals surface area contributed by atoms with E-state index in [1.54, 1.807) is 17.6 Å². The normalized spacial score (nSPS) is 14.6. The Labute approximate surface area is 261 Å². The molecule has 0 bridgehead atoms. The van der Waals surface area contributed by atoms with Crippen molar-refractivity contribution in [3.63, 3.8) is 0 Å². The van der Waals surface area contributed by atoms with E-state index >= 15 is 0 Å². The lowest BCUT2D eigenvalue weighted by Gasteiger charge is -2.26. The molecule has 0 radical (unpaired) electrons. The van der Waals surface area contributed by atoms with Gasteiger partial charge in [-0.2, -0.15) is 5.26 Å². The lowest BCUT2D eigenvalue weighted by Crippen LogP contribution is -2.40. The minimum absolute atomic E-state index is 0.211. The molecule has 4 aromatic rings. The van der Waals surface area contributed by atoms with Gasteiger partial charge in [0, 0.05) is 5.56 Å². The molecule has 0 spiro atoms. The zero-order valence-corrected chi connectivity index (χ0v) is 26.2. The number of hydrogen-bond acceptors (Lipinski definition) is 7. The highest BCUT2D eigenvalue weighted by Crippen LogP contribution is 2.33. The predicted molar refractivity (Wildman–Crippen MR) is 172 cm³/mol. The summed E-state index contributed by atoms with van der Waals surface area (Å²) in [4.78, 5) is 32.8. The predicted octanol–water partition coefficient (Wildman–Crippen LogP) is 6.15. The Balaban J connectivity index is 1.53. The number of allylic oxidation sites excluding steroid dienone is 1. The Bertz CT molecular complexity index is 1910. The Hall–Kier alpha value is -4.74. The van der Waals surface area contributed by atoms with Crippen LogP contribution in [-0.4, -0.2) is 17.1 Å². The molecule has 2 heterocycles. The van der Waals surface area contributed by atoms with Gasteiger partial charge < -0.3 is 9.47 Å². The number of carbonyl (C=O) groups excluding carboxylic acids is 1. The standard InChI is InChI=1S/C36H35N3O4S/c1-5-9-30-32(35(41)42-6-2)33(26-16-14-25(15-17-26)23(3)4)39-34(40)31(44-36(39)38-30)20-24-12-18-29(19-13-24)43-22-28-11-8-7-10-27(28)21-37/h7-8,10-20,23,33H,5-6,9,22H2,1-4H3/b31-20+/t33-/m1/s1. The molecule has 0 aliphatic carbocycles. The van der Waals surface area contributed by atoms with Gasteiger partial charge in [0.2, 0.25) is 0 Å². The molecule has 0 unspecified atom stereocenters. The Morgan fingerprint density at radius 3 is 2.45 bits per heavy atom. The molecule has 0 amide bonds. The van der Waals surface area contributed by atoms with Gasteiger partial charge in [-0.15, -0.1) is 0 Å². The third kappa shape index (κ3) is 6.43. The largest absolute Gasteiger partial charge is 0.489 e. The molecule has 1 aromatic heterocycles. The molecule has 5 rings (SSSR count). The first-order valence-corrected chi connectivity index (χ1v) is 15.7. The topological polar surface area (TPSA) is 93.7 Å². The molecule has 0 saturated heterocycles. The lowest BCUT2D eigenvalue weighted by molar-refractivity contribution is -0.139. The third-order valence-electron chi connectivity index (χ3n) is 7.52. The van der Waals surface area contributed by atoms with Crippen molar-refractivity contribution in [2.24, 2.45) is 4.99 Å². The maximum atomic E-state index is 14.0.